The number of carbonyl (C=O) groups excluding carboxylic acids is 1. The summed E-state index contributed by atoms with van der Waals surface area (Å²) < 4.78 is 74.0. The lowest BCUT2D eigenvalue weighted by atomic mass is 10.2. The van der Waals surface area contributed by atoms with Crippen molar-refractivity contribution in [3.8, 4) is 11.5 Å². The van der Waals surface area contributed by atoms with Crippen LogP contribution in [0.3, 0.4) is 0 Å². The molecule has 0 bridgehead atoms. The molecule has 1 N–H and O–H groups in total. The summed E-state index contributed by atoms with van der Waals surface area (Å²) in [5, 5.41) is 1.99. The van der Waals surface area contributed by atoms with Crippen molar-refractivity contribution in [3.05, 3.63) is 114 Å². The molecular weight excluding hydrogens is 541 g/mol. The summed E-state index contributed by atoms with van der Waals surface area (Å²) in [6.07, 6.45) is -4.84. The number of nitrogens with one attached hydrogen (secondary N) is 1. The van der Waals surface area contributed by atoms with Gasteiger partial charge in [0.05, 0.1) is 26.9 Å². The highest BCUT2D eigenvalue weighted by Crippen LogP contribution is 2.38. The van der Waals surface area contributed by atoms with E-state index in [1.54, 1.807) is 54.6 Å². The number of sulfonamides is 1. The number of amides is 1. The van der Waals surface area contributed by atoms with Crippen molar-refractivity contribution in [1.82, 2.24) is 0 Å². The fraction of sp³-hybridized carbons (Fsp3) is 0.0741. The van der Waals surface area contributed by atoms with Crippen LogP contribution in [-0.2, 0) is 21.0 Å². The van der Waals surface area contributed by atoms with Crippen LogP contribution in [0.2, 0.25) is 5.02 Å². The Labute approximate surface area is 222 Å². The Morgan fingerprint density at radius 2 is 1.47 bits per heavy atom. The second-order valence-electron chi connectivity index (χ2n) is 7.95. The summed E-state index contributed by atoms with van der Waals surface area (Å²) in [4.78, 5) is 12.9. The number of para-hydroxylation sites is 3. The van der Waals surface area contributed by atoms with Crippen LogP contribution in [0.4, 0.5) is 24.5 Å². The van der Waals surface area contributed by atoms with Crippen LogP contribution in [0.15, 0.2) is 108 Å². The number of alkyl halides is 3. The van der Waals surface area contributed by atoms with Crippen molar-refractivity contribution in [2.24, 2.45) is 0 Å². The van der Waals surface area contributed by atoms with E-state index in [1.165, 1.54) is 24.3 Å². The molecule has 0 fully saturated rings. The van der Waals surface area contributed by atoms with Gasteiger partial charge in [-0.25, -0.2) is 8.42 Å². The van der Waals surface area contributed by atoms with E-state index in [0.29, 0.717) is 16.1 Å². The monoisotopic (exact) mass is 560 g/mol. The van der Waals surface area contributed by atoms with Crippen molar-refractivity contribution < 1.29 is 31.1 Å². The number of benzene rings is 4. The largest absolute Gasteiger partial charge is 0.455 e. The van der Waals surface area contributed by atoms with Gasteiger partial charge in [0, 0.05) is 0 Å². The summed E-state index contributed by atoms with van der Waals surface area (Å²) >= 11 is 5.73. The SMILES string of the molecule is O=C(CN(c1ccc(Cl)c(C(F)(F)F)c1)S(=O)(=O)c1ccccc1)Nc1ccccc1Oc1ccccc1. The number of halogens is 4. The minimum absolute atomic E-state index is 0.205. The van der Waals surface area contributed by atoms with Gasteiger partial charge in [-0.15, -0.1) is 0 Å². The van der Waals surface area contributed by atoms with E-state index in [0.717, 1.165) is 12.1 Å². The van der Waals surface area contributed by atoms with Gasteiger partial charge in [-0.2, -0.15) is 13.2 Å². The number of hydrogen-bond acceptors (Lipinski definition) is 4. The zero-order chi connectivity index (χ0) is 27.3. The quantitative estimate of drug-likeness (QED) is 0.252. The highest BCUT2D eigenvalue weighted by molar-refractivity contribution is 7.92. The Bertz CT molecular complexity index is 1530. The molecule has 4 aromatic carbocycles. The molecule has 4 aromatic rings. The summed E-state index contributed by atoms with van der Waals surface area (Å²) in [7, 11) is -4.44. The Hall–Kier alpha value is -4.02. The van der Waals surface area contributed by atoms with Crippen molar-refractivity contribution in [3.63, 3.8) is 0 Å². The van der Waals surface area contributed by atoms with Crippen LogP contribution < -0.4 is 14.4 Å². The van der Waals surface area contributed by atoms with Crippen LogP contribution in [0.5, 0.6) is 11.5 Å². The molecule has 1 amide bonds. The molecular formula is C27H20ClF3N2O4S. The van der Waals surface area contributed by atoms with E-state index < -0.39 is 39.2 Å². The first-order valence-corrected chi connectivity index (χ1v) is 12.9. The van der Waals surface area contributed by atoms with Gasteiger partial charge in [-0.3, -0.25) is 9.10 Å². The van der Waals surface area contributed by atoms with Gasteiger partial charge < -0.3 is 10.1 Å². The predicted molar refractivity (Wildman–Crippen MR) is 139 cm³/mol. The summed E-state index contributed by atoms with van der Waals surface area (Å²) in [6, 6.07) is 25.0. The topological polar surface area (TPSA) is 75.7 Å². The average Bonchev–Trinajstić information content (AvgIpc) is 2.89. The molecule has 0 saturated carbocycles. The summed E-state index contributed by atoms with van der Waals surface area (Å²) in [6.45, 7) is -0.824. The first-order chi connectivity index (χ1) is 18.1. The van der Waals surface area contributed by atoms with Crippen molar-refractivity contribution >= 4 is 38.9 Å². The summed E-state index contributed by atoms with van der Waals surface area (Å²) in [5.74, 6) is -0.0178. The molecule has 0 aromatic heterocycles. The molecule has 6 nitrogen and oxygen atoms in total. The molecule has 38 heavy (non-hydrogen) atoms. The Morgan fingerprint density at radius 3 is 2.13 bits per heavy atom. The predicted octanol–water partition coefficient (Wildman–Crippen LogP) is 6.99. The van der Waals surface area contributed by atoms with E-state index in [9.17, 15) is 26.4 Å². The maximum atomic E-state index is 13.5. The zero-order valence-electron chi connectivity index (χ0n) is 19.5. The van der Waals surface area contributed by atoms with Gasteiger partial charge >= 0.3 is 6.18 Å². The third kappa shape index (κ3) is 6.27. The van der Waals surface area contributed by atoms with Gasteiger partial charge in [0.1, 0.15) is 12.3 Å². The number of anilines is 2. The number of ether oxygens (including phenoxy) is 1. The molecule has 0 radical (unpaired) electrons. The van der Waals surface area contributed by atoms with E-state index in [4.69, 9.17) is 16.3 Å². The third-order valence-electron chi connectivity index (χ3n) is 5.29. The number of rotatable bonds is 8. The van der Waals surface area contributed by atoms with E-state index in [2.05, 4.69) is 5.32 Å². The lowest BCUT2D eigenvalue weighted by Crippen LogP contribution is -2.38. The van der Waals surface area contributed by atoms with Crippen LogP contribution >= 0.6 is 11.6 Å². The Kier molecular flexibility index (Phi) is 7.94. The van der Waals surface area contributed by atoms with Crippen LogP contribution in [0.25, 0.3) is 0 Å². The Morgan fingerprint density at radius 1 is 0.868 bits per heavy atom. The normalized spacial score (nSPS) is 11.6. The molecule has 0 heterocycles. The lowest BCUT2D eigenvalue weighted by molar-refractivity contribution is -0.137. The first kappa shape index (κ1) is 27.0. The molecule has 4 rings (SSSR count). The molecule has 0 unspecified atom stereocenters. The number of carbonyl (C=O) groups is 1. The molecule has 0 aliphatic rings. The van der Waals surface area contributed by atoms with Crippen LogP contribution in [0, 0.1) is 0 Å². The Balaban J connectivity index is 1.68. The maximum Gasteiger partial charge on any atom is 0.417 e. The molecule has 0 atom stereocenters. The van der Waals surface area contributed by atoms with E-state index in [1.807, 2.05) is 6.07 Å². The van der Waals surface area contributed by atoms with Crippen LogP contribution in [-0.4, -0.2) is 20.9 Å². The van der Waals surface area contributed by atoms with E-state index >= 15 is 0 Å². The smallest absolute Gasteiger partial charge is 0.417 e. The van der Waals surface area contributed by atoms with Crippen molar-refractivity contribution in [1.29, 1.82) is 0 Å². The second kappa shape index (κ2) is 11.2. The lowest BCUT2D eigenvalue weighted by Gasteiger charge is -2.25. The highest BCUT2D eigenvalue weighted by atomic mass is 35.5. The van der Waals surface area contributed by atoms with Crippen molar-refractivity contribution in [2.75, 3.05) is 16.2 Å². The van der Waals surface area contributed by atoms with E-state index in [-0.39, 0.29) is 22.0 Å². The van der Waals surface area contributed by atoms with Gasteiger partial charge in [0.15, 0.2) is 5.75 Å². The molecule has 0 saturated heterocycles. The van der Waals surface area contributed by atoms with Gasteiger partial charge in [-0.1, -0.05) is 60.1 Å². The van der Waals surface area contributed by atoms with Gasteiger partial charge in [0.25, 0.3) is 10.0 Å². The third-order valence-corrected chi connectivity index (χ3v) is 7.41. The molecule has 196 valence electrons. The zero-order valence-corrected chi connectivity index (χ0v) is 21.1. The fourth-order valence-corrected chi connectivity index (χ4v) is 5.17. The van der Waals surface area contributed by atoms with Gasteiger partial charge in [0.2, 0.25) is 5.91 Å². The minimum atomic E-state index is -4.84. The molecule has 0 aliphatic carbocycles. The first-order valence-electron chi connectivity index (χ1n) is 11.1. The molecule has 0 spiro atoms. The number of nitrogens with zero attached hydrogens (tertiary/aromatic N) is 1. The summed E-state index contributed by atoms with van der Waals surface area (Å²) in [5.41, 5.74) is -1.37. The minimum Gasteiger partial charge on any atom is -0.455 e. The van der Waals surface area contributed by atoms with Gasteiger partial charge in [-0.05, 0) is 54.6 Å². The maximum absolute atomic E-state index is 13.5. The van der Waals surface area contributed by atoms with Crippen LogP contribution in [0.1, 0.15) is 5.56 Å². The number of hydrogen-bond donors (Lipinski definition) is 1. The molecule has 0 aliphatic heterocycles. The fourth-order valence-electron chi connectivity index (χ4n) is 3.51. The second-order valence-corrected chi connectivity index (χ2v) is 10.2. The molecule has 11 heteroatoms. The standard InChI is InChI=1S/C27H20ClF3N2O4S/c28-23-16-15-19(17-22(23)27(29,30)31)33(38(35,36)21-11-5-2-6-12-21)18-26(34)32-24-13-7-8-14-25(24)37-20-9-3-1-4-10-20/h1-17H,18H2,(H,32,34). The average molecular weight is 561 g/mol. The van der Waals surface area contributed by atoms with Crippen molar-refractivity contribution in [2.45, 2.75) is 11.1 Å². The highest BCUT2D eigenvalue weighted by Gasteiger charge is 2.35.